The summed E-state index contributed by atoms with van der Waals surface area (Å²) in [5, 5.41) is 12.6. The molecule has 0 bridgehead atoms. The molecule has 2 fully saturated rings. The summed E-state index contributed by atoms with van der Waals surface area (Å²) in [5.74, 6) is -0.656. The van der Waals surface area contributed by atoms with Crippen molar-refractivity contribution in [3.63, 3.8) is 0 Å². The molecule has 2 aromatic rings. The van der Waals surface area contributed by atoms with Gasteiger partial charge in [0.25, 0.3) is 0 Å². The van der Waals surface area contributed by atoms with Crippen molar-refractivity contribution in [2.24, 2.45) is 5.73 Å². The standard InChI is InChI=1S/C27H35N5O3S/c1-31-15-17-32(18-16-31)36(34,35)25-11-9-22(10-12-25)21-5-7-23(8-6-21)24(19-28)20-30-26(33)27(29)13-3-2-4-14-27/h5-12,24H,2-4,13-18,20,29H2,1H3,(H,30,33). The molecule has 2 aliphatic rings. The lowest BCUT2D eigenvalue weighted by atomic mass is 9.82. The summed E-state index contributed by atoms with van der Waals surface area (Å²) in [5.41, 5.74) is 8.10. The lowest BCUT2D eigenvalue weighted by Gasteiger charge is -2.32. The summed E-state index contributed by atoms with van der Waals surface area (Å²) >= 11 is 0. The van der Waals surface area contributed by atoms with Crippen LogP contribution < -0.4 is 11.1 Å². The molecule has 192 valence electrons. The first kappa shape index (κ1) is 26.3. The van der Waals surface area contributed by atoms with E-state index in [-0.39, 0.29) is 12.5 Å². The molecule has 1 atom stereocenters. The minimum Gasteiger partial charge on any atom is -0.353 e. The number of piperazine rings is 1. The largest absolute Gasteiger partial charge is 0.353 e. The van der Waals surface area contributed by atoms with Gasteiger partial charge in [-0.25, -0.2) is 8.42 Å². The Morgan fingerprint density at radius 2 is 1.56 bits per heavy atom. The zero-order chi connectivity index (χ0) is 25.8. The monoisotopic (exact) mass is 509 g/mol. The number of hydrogen-bond donors (Lipinski definition) is 2. The maximum absolute atomic E-state index is 13.0. The summed E-state index contributed by atoms with van der Waals surface area (Å²) in [4.78, 5) is 15.0. The molecule has 1 saturated carbocycles. The van der Waals surface area contributed by atoms with Crippen molar-refractivity contribution in [2.75, 3.05) is 39.8 Å². The van der Waals surface area contributed by atoms with E-state index in [4.69, 9.17) is 5.73 Å². The third kappa shape index (κ3) is 5.79. The molecule has 0 spiro atoms. The van der Waals surface area contributed by atoms with E-state index < -0.39 is 21.5 Å². The molecule has 1 aliphatic carbocycles. The van der Waals surface area contributed by atoms with Gasteiger partial charge in [0.05, 0.1) is 22.4 Å². The number of nitrogens with one attached hydrogen (secondary N) is 1. The van der Waals surface area contributed by atoms with Crippen LogP contribution in [0.2, 0.25) is 0 Å². The third-order valence-electron chi connectivity index (χ3n) is 7.42. The van der Waals surface area contributed by atoms with E-state index in [0.29, 0.717) is 30.8 Å². The molecule has 1 heterocycles. The molecule has 1 saturated heterocycles. The van der Waals surface area contributed by atoms with Crippen LogP contribution in [-0.2, 0) is 14.8 Å². The SMILES string of the molecule is CN1CCN(S(=O)(=O)c2ccc(-c3ccc(C(C#N)CNC(=O)C4(N)CCCCC4)cc3)cc2)CC1. The van der Waals surface area contributed by atoms with Crippen molar-refractivity contribution in [1.82, 2.24) is 14.5 Å². The van der Waals surface area contributed by atoms with Crippen molar-refractivity contribution in [3.05, 3.63) is 54.1 Å². The Kier molecular flexibility index (Phi) is 8.10. The van der Waals surface area contributed by atoms with Crippen LogP contribution in [-0.4, -0.2) is 68.8 Å². The van der Waals surface area contributed by atoms with Crippen LogP contribution in [0.1, 0.15) is 43.6 Å². The number of nitrogens with zero attached hydrogens (tertiary/aromatic N) is 3. The number of carbonyl (C=O) groups is 1. The average molecular weight is 510 g/mol. The fourth-order valence-corrected chi connectivity index (χ4v) is 6.35. The van der Waals surface area contributed by atoms with Gasteiger partial charge in [0.15, 0.2) is 0 Å². The molecule has 1 unspecified atom stereocenters. The maximum atomic E-state index is 13.0. The Morgan fingerprint density at radius 1 is 1.00 bits per heavy atom. The summed E-state index contributed by atoms with van der Waals surface area (Å²) in [6, 6.07) is 16.8. The van der Waals surface area contributed by atoms with Crippen LogP contribution in [0.4, 0.5) is 0 Å². The van der Waals surface area contributed by atoms with Crippen molar-refractivity contribution in [3.8, 4) is 17.2 Å². The predicted molar refractivity (Wildman–Crippen MR) is 140 cm³/mol. The smallest absolute Gasteiger partial charge is 0.243 e. The quantitative estimate of drug-likeness (QED) is 0.592. The number of nitriles is 1. The highest BCUT2D eigenvalue weighted by atomic mass is 32.2. The summed E-state index contributed by atoms with van der Waals surface area (Å²) in [6.07, 6.45) is 4.38. The highest BCUT2D eigenvalue weighted by Gasteiger charge is 2.35. The molecular weight excluding hydrogens is 474 g/mol. The molecule has 9 heteroatoms. The van der Waals surface area contributed by atoms with Gasteiger partial charge in [-0.3, -0.25) is 4.79 Å². The number of benzene rings is 2. The van der Waals surface area contributed by atoms with E-state index in [1.54, 1.807) is 16.4 Å². The van der Waals surface area contributed by atoms with Gasteiger partial charge in [0.1, 0.15) is 0 Å². The maximum Gasteiger partial charge on any atom is 0.243 e. The van der Waals surface area contributed by atoms with E-state index in [2.05, 4.69) is 16.3 Å². The zero-order valence-corrected chi connectivity index (χ0v) is 21.6. The van der Waals surface area contributed by atoms with Crippen LogP contribution in [0.15, 0.2) is 53.4 Å². The zero-order valence-electron chi connectivity index (χ0n) is 20.8. The second kappa shape index (κ2) is 11.1. The Bertz CT molecular complexity index is 1190. The normalized spacial score (nSPS) is 19.8. The Morgan fingerprint density at radius 3 is 2.11 bits per heavy atom. The van der Waals surface area contributed by atoms with Gasteiger partial charge in [0, 0.05) is 32.7 Å². The lowest BCUT2D eigenvalue weighted by molar-refractivity contribution is -0.127. The van der Waals surface area contributed by atoms with Crippen molar-refractivity contribution in [1.29, 1.82) is 5.26 Å². The number of rotatable bonds is 7. The van der Waals surface area contributed by atoms with Gasteiger partial charge in [-0.1, -0.05) is 55.7 Å². The number of likely N-dealkylation sites (N-methyl/N-ethyl adjacent to an activating group) is 1. The minimum absolute atomic E-state index is 0.175. The predicted octanol–water partition coefficient (Wildman–Crippen LogP) is 2.67. The summed E-state index contributed by atoms with van der Waals surface area (Å²) in [6.45, 7) is 2.66. The first-order valence-corrected chi connectivity index (χ1v) is 14.0. The van der Waals surface area contributed by atoms with Crippen molar-refractivity contribution < 1.29 is 13.2 Å². The van der Waals surface area contributed by atoms with E-state index in [9.17, 15) is 18.5 Å². The second-order valence-electron chi connectivity index (χ2n) is 9.96. The highest BCUT2D eigenvalue weighted by molar-refractivity contribution is 7.89. The van der Waals surface area contributed by atoms with Gasteiger partial charge in [-0.2, -0.15) is 9.57 Å². The first-order chi connectivity index (χ1) is 17.2. The minimum atomic E-state index is -3.50. The second-order valence-corrected chi connectivity index (χ2v) is 11.9. The van der Waals surface area contributed by atoms with Crippen LogP contribution in [0.5, 0.6) is 0 Å². The van der Waals surface area contributed by atoms with Crippen molar-refractivity contribution >= 4 is 15.9 Å². The van der Waals surface area contributed by atoms with Gasteiger partial charge >= 0.3 is 0 Å². The molecule has 1 aliphatic heterocycles. The number of sulfonamides is 1. The molecule has 2 aromatic carbocycles. The molecule has 4 rings (SSSR count). The van der Waals surface area contributed by atoms with Gasteiger partial charge in [-0.05, 0) is 48.7 Å². The Labute approximate surface area is 214 Å². The van der Waals surface area contributed by atoms with Gasteiger partial charge in [0.2, 0.25) is 15.9 Å². The van der Waals surface area contributed by atoms with Crippen LogP contribution in [0, 0.1) is 11.3 Å². The van der Waals surface area contributed by atoms with E-state index in [0.717, 1.165) is 49.0 Å². The van der Waals surface area contributed by atoms with Crippen LogP contribution in [0.25, 0.3) is 11.1 Å². The van der Waals surface area contributed by atoms with E-state index >= 15 is 0 Å². The summed E-state index contributed by atoms with van der Waals surface area (Å²) < 4.78 is 27.5. The van der Waals surface area contributed by atoms with Crippen LogP contribution in [0.3, 0.4) is 0 Å². The fraction of sp³-hybridized carbons (Fsp3) is 0.481. The van der Waals surface area contributed by atoms with Gasteiger partial charge in [-0.15, -0.1) is 0 Å². The number of nitrogens with two attached hydrogens (primary N) is 1. The van der Waals surface area contributed by atoms with Gasteiger partial charge < -0.3 is 16.0 Å². The molecule has 8 nitrogen and oxygen atoms in total. The summed E-state index contributed by atoms with van der Waals surface area (Å²) in [7, 11) is -1.51. The fourth-order valence-electron chi connectivity index (χ4n) is 4.92. The number of hydrogen-bond acceptors (Lipinski definition) is 6. The molecular formula is C27H35N5O3S. The molecule has 36 heavy (non-hydrogen) atoms. The van der Waals surface area contributed by atoms with Crippen molar-refractivity contribution in [2.45, 2.75) is 48.5 Å². The molecule has 1 amide bonds. The molecule has 0 radical (unpaired) electrons. The average Bonchev–Trinajstić information content (AvgIpc) is 2.90. The number of carbonyl (C=O) groups excluding carboxylic acids is 1. The topological polar surface area (TPSA) is 120 Å². The first-order valence-electron chi connectivity index (χ1n) is 12.6. The molecule has 0 aromatic heterocycles. The lowest BCUT2D eigenvalue weighted by Crippen LogP contribution is -2.55. The Balaban J connectivity index is 1.39. The molecule has 3 N–H and O–H groups in total. The van der Waals surface area contributed by atoms with E-state index in [1.807, 2.05) is 43.4 Å². The van der Waals surface area contributed by atoms with Crippen LogP contribution >= 0.6 is 0 Å². The number of amides is 1. The third-order valence-corrected chi connectivity index (χ3v) is 9.33. The highest BCUT2D eigenvalue weighted by Crippen LogP contribution is 2.27. The van der Waals surface area contributed by atoms with E-state index in [1.165, 1.54) is 0 Å². The Hall–Kier alpha value is -2.77.